The van der Waals surface area contributed by atoms with Gasteiger partial charge in [0.1, 0.15) is 17.5 Å². The van der Waals surface area contributed by atoms with Crippen molar-refractivity contribution >= 4 is 19.5 Å². The molecule has 0 radical (unpaired) electrons. The van der Waals surface area contributed by atoms with E-state index in [0.717, 1.165) is 46.2 Å². The van der Waals surface area contributed by atoms with Crippen molar-refractivity contribution in [1.82, 2.24) is 5.09 Å². The highest BCUT2D eigenvalue weighted by Crippen LogP contribution is 2.44. The summed E-state index contributed by atoms with van der Waals surface area (Å²) >= 11 is 0. The standard InChI is InChI=1S/C54H84NO7P/c1-9-10-11-12-13-14-15-16-17-18-19-20-21-22-23-24-25-26-30-33-53(56)62-52-35-34-48(38-50(52)42(2)3)39-51-44(6)36-49(37-45(51)7)59-41-63(58,55-46(8)54(57)61-43(4)5)60-40-47-31-28-27-29-32-47/h27-29,31-32,34-38,42-43,46H,9-26,30,33,39-41H2,1-8H3,(H,55,58)/t46-,63?/m0/s1. The molecule has 1 N–H and O–H groups in total. The summed E-state index contributed by atoms with van der Waals surface area (Å²) in [5, 5.41) is 2.88. The van der Waals surface area contributed by atoms with Gasteiger partial charge in [0.25, 0.3) is 0 Å². The molecule has 3 aromatic rings. The van der Waals surface area contributed by atoms with Crippen LogP contribution in [0.1, 0.15) is 209 Å². The third-order valence-electron chi connectivity index (χ3n) is 11.7. The highest BCUT2D eigenvalue weighted by Gasteiger charge is 2.31. The van der Waals surface area contributed by atoms with Gasteiger partial charge in [0.2, 0.25) is 0 Å². The van der Waals surface area contributed by atoms with E-state index in [4.69, 9.17) is 18.7 Å². The zero-order valence-corrected chi connectivity index (χ0v) is 41.5. The fourth-order valence-electron chi connectivity index (χ4n) is 8.00. The number of esters is 2. The second kappa shape index (κ2) is 30.6. The van der Waals surface area contributed by atoms with Gasteiger partial charge in [-0.2, -0.15) is 0 Å². The lowest BCUT2D eigenvalue weighted by atomic mass is 9.93. The summed E-state index contributed by atoms with van der Waals surface area (Å²) < 4.78 is 37.5. The Balaban J connectivity index is 1.42. The van der Waals surface area contributed by atoms with Gasteiger partial charge in [-0.3, -0.25) is 14.2 Å². The fraction of sp³-hybridized carbons (Fsp3) is 0.630. The summed E-state index contributed by atoms with van der Waals surface area (Å²) in [6.45, 7) is 15.9. The van der Waals surface area contributed by atoms with E-state index in [1.165, 1.54) is 109 Å². The van der Waals surface area contributed by atoms with E-state index in [9.17, 15) is 14.2 Å². The third-order valence-corrected chi connectivity index (χ3v) is 13.5. The number of aryl methyl sites for hydroxylation is 2. The second-order valence-corrected chi connectivity index (χ2v) is 20.5. The summed E-state index contributed by atoms with van der Waals surface area (Å²) in [7, 11) is -3.66. The van der Waals surface area contributed by atoms with Crippen molar-refractivity contribution < 1.29 is 32.9 Å². The molecule has 0 aromatic heterocycles. The lowest BCUT2D eigenvalue weighted by Gasteiger charge is -2.24. The summed E-state index contributed by atoms with van der Waals surface area (Å²) in [4.78, 5) is 25.5. The van der Waals surface area contributed by atoms with Gasteiger partial charge in [-0.1, -0.05) is 179 Å². The first-order valence-corrected chi connectivity index (χ1v) is 26.4. The number of carbonyl (C=O) groups is 2. The Morgan fingerprint density at radius 3 is 1.68 bits per heavy atom. The van der Waals surface area contributed by atoms with Crippen LogP contribution in [0, 0.1) is 13.8 Å². The van der Waals surface area contributed by atoms with Crippen LogP contribution in [0.4, 0.5) is 0 Å². The van der Waals surface area contributed by atoms with Crippen molar-refractivity contribution in [2.75, 3.05) is 6.35 Å². The van der Waals surface area contributed by atoms with Gasteiger partial charge >= 0.3 is 19.5 Å². The van der Waals surface area contributed by atoms with Crippen molar-refractivity contribution in [3.63, 3.8) is 0 Å². The lowest BCUT2D eigenvalue weighted by Crippen LogP contribution is -2.36. The minimum Gasteiger partial charge on any atom is -0.482 e. The van der Waals surface area contributed by atoms with Crippen LogP contribution in [0.25, 0.3) is 0 Å². The van der Waals surface area contributed by atoms with E-state index in [1.54, 1.807) is 20.8 Å². The molecule has 0 aliphatic carbocycles. The topological polar surface area (TPSA) is 100 Å². The summed E-state index contributed by atoms with van der Waals surface area (Å²) in [5.41, 5.74) is 6.24. The highest BCUT2D eigenvalue weighted by molar-refractivity contribution is 7.56. The number of hydrogen-bond donors (Lipinski definition) is 1. The first-order valence-electron chi connectivity index (χ1n) is 24.6. The number of nitrogens with one attached hydrogen (secondary N) is 1. The molecule has 3 rings (SSSR count). The molecule has 352 valence electrons. The molecule has 0 aliphatic heterocycles. The molecule has 0 spiro atoms. The number of carbonyl (C=O) groups excluding carboxylic acids is 2. The fourth-order valence-corrected chi connectivity index (χ4v) is 9.60. The molecule has 2 atom stereocenters. The molecule has 0 amide bonds. The smallest absolute Gasteiger partial charge is 0.323 e. The minimum atomic E-state index is -3.66. The molecule has 0 aliphatic rings. The predicted molar refractivity (Wildman–Crippen MR) is 261 cm³/mol. The largest absolute Gasteiger partial charge is 0.482 e. The maximum Gasteiger partial charge on any atom is 0.323 e. The summed E-state index contributed by atoms with van der Waals surface area (Å²) in [6.07, 6.45) is 25.8. The van der Waals surface area contributed by atoms with Gasteiger partial charge in [0, 0.05) is 6.42 Å². The van der Waals surface area contributed by atoms with Gasteiger partial charge in [-0.25, -0.2) is 5.09 Å². The normalized spacial score (nSPS) is 13.0. The molecule has 0 fully saturated rings. The maximum absolute atomic E-state index is 14.1. The number of benzene rings is 3. The van der Waals surface area contributed by atoms with Gasteiger partial charge in [0.15, 0.2) is 6.35 Å². The first kappa shape index (κ1) is 53.9. The molecule has 0 heterocycles. The number of ether oxygens (including phenoxy) is 3. The van der Waals surface area contributed by atoms with Gasteiger partial charge in [-0.15, -0.1) is 0 Å². The Kier molecular flexibility index (Phi) is 26.2. The second-order valence-electron chi connectivity index (χ2n) is 18.4. The SMILES string of the molecule is CCCCCCCCCCCCCCCCCCCCCC(=O)Oc1ccc(Cc2c(C)cc(OCP(=O)(N[C@@H](C)C(=O)OC(C)C)OCc3ccccc3)cc2C)cc1C(C)C. The molecule has 0 saturated heterocycles. The van der Waals surface area contributed by atoms with E-state index in [0.29, 0.717) is 24.3 Å². The molecule has 0 bridgehead atoms. The molecular weight excluding hydrogens is 806 g/mol. The van der Waals surface area contributed by atoms with Crippen LogP contribution < -0.4 is 14.6 Å². The number of hydrogen-bond acceptors (Lipinski definition) is 7. The Bertz CT molecular complexity index is 1770. The van der Waals surface area contributed by atoms with E-state index in [2.05, 4.69) is 31.9 Å². The van der Waals surface area contributed by atoms with E-state index in [-0.39, 0.29) is 30.9 Å². The lowest BCUT2D eigenvalue weighted by molar-refractivity contribution is -0.149. The zero-order valence-electron chi connectivity index (χ0n) is 40.6. The zero-order chi connectivity index (χ0) is 45.9. The Hall–Kier alpha value is -3.45. The quantitative estimate of drug-likeness (QED) is 0.0274. The summed E-state index contributed by atoms with van der Waals surface area (Å²) in [5.74, 6) is 0.722. The molecule has 0 saturated carbocycles. The van der Waals surface area contributed by atoms with Crippen molar-refractivity contribution in [3.05, 3.63) is 94.0 Å². The summed E-state index contributed by atoms with van der Waals surface area (Å²) in [6, 6.07) is 18.6. The molecule has 63 heavy (non-hydrogen) atoms. The molecular formula is C54H84NO7P. The van der Waals surface area contributed by atoms with Crippen molar-refractivity contribution in [1.29, 1.82) is 0 Å². The molecule has 3 aromatic carbocycles. The van der Waals surface area contributed by atoms with Crippen LogP contribution >= 0.6 is 7.52 Å². The van der Waals surface area contributed by atoms with Crippen LogP contribution in [0.2, 0.25) is 0 Å². The Morgan fingerprint density at radius 1 is 0.651 bits per heavy atom. The number of rotatable bonds is 34. The first-order chi connectivity index (χ1) is 30.3. The van der Waals surface area contributed by atoms with Crippen LogP contribution in [0.5, 0.6) is 11.5 Å². The van der Waals surface area contributed by atoms with Gasteiger partial charge in [-0.05, 0) is 105 Å². The predicted octanol–water partition coefficient (Wildman–Crippen LogP) is 15.4. The van der Waals surface area contributed by atoms with Gasteiger partial charge in [0.05, 0.1) is 12.7 Å². The van der Waals surface area contributed by atoms with E-state index >= 15 is 0 Å². The van der Waals surface area contributed by atoms with E-state index in [1.807, 2.05) is 68.4 Å². The Morgan fingerprint density at radius 2 is 1.17 bits per heavy atom. The van der Waals surface area contributed by atoms with E-state index < -0.39 is 19.5 Å². The number of unbranched alkanes of at least 4 members (excludes halogenated alkanes) is 18. The monoisotopic (exact) mass is 890 g/mol. The van der Waals surface area contributed by atoms with Crippen molar-refractivity contribution in [3.8, 4) is 11.5 Å². The van der Waals surface area contributed by atoms with Crippen molar-refractivity contribution in [2.45, 2.75) is 215 Å². The minimum absolute atomic E-state index is 0.0907. The highest BCUT2D eigenvalue weighted by atomic mass is 31.2. The molecule has 8 nitrogen and oxygen atoms in total. The van der Waals surface area contributed by atoms with Crippen LogP contribution in [-0.4, -0.2) is 30.4 Å². The average molecular weight is 890 g/mol. The maximum atomic E-state index is 14.1. The Labute approximate surface area is 382 Å². The van der Waals surface area contributed by atoms with Crippen LogP contribution in [-0.2, 0) is 36.4 Å². The molecule has 9 heteroatoms. The average Bonchev–Trinajstić information content (AvgIpc) is 3.25. The molecule has 1 unspecified atom stereocenters. The van der Waals surface area contributed by atoms with Gasteiger partial charge < -0.3 is 18.7 Å². The van der Waals surface area contributed by atoms with Crippen LogP contribution in [0.15, 0.2) is 60.7 Å². The van der Waals surface area contributed by atoms with Crippen LogP contribution in [0.3, 0.4) is 0 Å². The van der Waals surface area contributed by atoms with Crippen molar-refractivity contribution in [2.24, 2.45) is 0 Å². The third kappa shape index (κ3) is 22.3.